The number of aliphatic imine (C=N–C) groups is 1. The molecule has 8 heteroatoms. The molecule has 0 unspecified atom stereocenters. The van der Waals surface area contributed by atoms with Crippen molar-refractivity contribution in [2.24, 2.45) is 4.99 Å². The van der Waals surface area contributed by atoms with Gasteiger partial charge in [0.2, 0.25) is 5.90 Å². The second kappa shape index (κ2) is 8.51. The Labute approximate surface area is 174 Å². The highest BCUT2D eigenvalue weighted by molar-refractivity contribution is 14.1. The Balaban J connectivity index is 1.98. The highest BCUT2D eigenvalue weighted by Gasteiger charge is 2.25. The van der Waals surface area contributed by atoms with Gasteiger partial charge in [-0.3, -0.25) is 4.79 Å². The average Bonchev–Trinajstić information content (AvgIpc) is 2.99. The Hall–Kier alpha value is -2.75. The first kappa shape index (κ1) is 20.0. The third kappa shape index (κ3) is 4.56. The van der Waals surface area contributed by atoms with Crippen LogP contribution < -0.4 is 9.47 Å². The number of carbonyl (C=O) groups excluding carboxylic acids is 2. The molecule has 0 atom stereocenters. The summed E-state index contributed by atoms with van der Waals surface area (Å²) in [5, 5.41) is 0. The van der Waals surface area contributed by atoms with Crippen molar-refractivity contribution in [2.75, 3.05) is 6.61 Å². The first-order chi connectivity index (χ1) is 13.4. The lowest BCUT2D eigenvalue weighted by Crippen LogP contribution is -2.06. The zero-order chi connectivity index (χ0) is 20.3. The standard InChI is InChI=1S/C20H15FINO5/c1-3-26-17-9-12(7-15(22)18(17)27-11(2)24)8-16-20(25)28-19(23-16)13-5-4-6-14(21)10-13/h4-10H,3H2,1-2H3/b16-8-. The Morgan fingerprint density at radius 2 is 2.11 bits per heavy atom. The molecule has 3 rings (SSSR count). The summed E-state index contributed by atoms with van der Waals surface area (Å²) in [5.74, 6) is -0.838. The summed E-state index contributed by atoms with van der Waals surface area (Å²) >= 11 is 2.01. The van der Waals surface area contributed by atoms with Gasteiger partial charge in [-0.25, -0.2) is 14.2 Å². The topological polar surface area (TPSA) is 74.2 Å². The van der Waals surface area contributed by atoms with Gasteiger partial charge in [-0.1, -0.05) is 6.07 Å². The number of rotatable bonds is 5. The van der Waals surface area contributed by atoms with Crippen molar-refractivity contribution in [1.29, 1.82) is 0 Å². The first-order valence-corrected chi connectivity index (χ1v) is 9.38. The van der Waals surface area contributed by atoms with Crippen LogP contribution in [0.4, 0.5) is 4.39 Å². The van der Waals surface area contributed by atoms with E-state index in [0.717, 1.165) is 0 Å². The fraction of sp³-hybridized carbons (Fsp3) is 0.150. The predicted molar refractivity (Wildman–Crippen MR) is 109 cm³/mol. The normalized spacial score (nSPS) is 14.6. The van der Waals surface area contributed by atoms with Crippen molar-refractivity contribution in [2.45, 2.75) is 13.8 Å². The number of hydrogen-bond donors (Lipinski definition) is 0. The van der Waals surface area contributed by atoms with Crippen LogP contribution in [0.25, 0.3) is 6.08 Å². The molecule has 28 heavy (non-hydrogen) atoms. The van der Waals surface area contributed by atoms with Crippen molar-refractivity contribution >= 4 is 46.5 Å². The molecule has 0 bridgehead atoms. The Morgan fingerprint density at radius 1 is 1.32 bits per heavy atom. The van der Waals surface area contributed by atoms with Crippen LogP contribution in [0, 0.1) is 9.39 Å². The maximum absolute atomic E-state index is 13.4. The Bertz CT molecular complexity index is 1020. The summed E-state index contributed by atoms with van der Waals surface area (Å²) in [7, 11) is 0. The lowest BCUT2D eigenvalue weighted by molar-refractivity contribution is -0.132. The smallest absolute Gasteiger partial charge is 0.363 e. The number of carbonyl (C=O) groups is 2. The molecule has 0 spiro atoms. The second-order valence-electron chi connectivity index (χ2n) is 5.70. The van der Waals surface area contributed by atoms with Gasteiger partial charge < -0.3 is 14.2 Å². The summed E-state index contributed by atoms with van der Waals surface area (Å²) < 4.78 is 29.9. The molecule has 0 amide bonds. The molecule has 0 aliphatic carbocycles. The van der Waals surface area contributed by atoms with Gasteiger partial charge in [0.05, 0.1) is 10.2 Å². The van der Waals surface area contributed by atoms with Crippen molar-refractivity contribution in [3.05, 3.63) is 62.6 Å². The third-order valence-electron chi connectivity index (χ3n) is 3.57. The van der Waals surface area contributed by atoms with Crippen LogP contribution >= 0.6 is 22.6 Å². The third-order valence-corrected chi connectivity index (χ3v) is 4.37. The zero-order valence-electron chi connectivity index (χ0n) is 15.0. The van der Waals surface area contributed by atoms with E-state index in [1.54, 1.807) is 25.1 Å². The van der Waals surface area contributed by atoms with Crippen molar-refractivity contribution in [1.82, 2.24) is 0 Å². The van der Waals surface area contributed by atoms with Gasteiger partial charge >= 0.3 is 11.9 Å². The highest BCUT2D eigenvalue weighted by Crippen LogP contribution is 2.35. The molecule has 0 aromatic heterocycles. The Morgan fingerprint density at radius 3 is 2.79 bits per heavy atom. The molecular formula is C20H15FINO5. The van der Waals surface area contributed by atoms with Gasteiger partial charge in [-0.15, -0.1) is 0 Å². The van der Waals surface area contributed by atoms with E-state index < -0.39 is 17.8 Å². The molecule has 1 heterocycles. The van der Waals surface area contributed by atoms with Crippen LogP contribution in [0.1, 0.15) is 25.0 Å². The first-order valence-electron chi connectivity index (χ1n) is 8.30. The number of cyclic esters (lactones) is 1. The molecule has 0 fully saturated rings. The van der Waals surface area contributed by atoms with Gasteiger partial charge in [-0.2, -0.15) is 0 Å². The molecule has 1 aliphatic rings. The largest absolute Gasteiger partial charge is 0.490 e. The fourth-order valence-corrected chi connectivity index (χ4v) is 3.22. The molecule has 0 saturated carbocycles. The molecular weight excluding hydrogens is 480 g/mol. The van der Waals surface area contributed by atoms with Crippen LogP contribution in [0.15, 0.2) is 47.1 Å². The van der Waals surface area contributed by atoms with Crippen molar-refractivity contribution in [3.8, 4) is 11.5 Å². The maximum atomic E-state index is 13.4. The van der Waals surface area contributed by atoms with Crippen LogP contribution in [0.2, 0.25) is 0 Å². The van der Waals surface area contributed by atoms with Crippen molar-refractivity contribution in [3.63, 3.8) is 0 Å². The molecule has 0 N–H and O–H groups in total. The molecule has 0 radical (unpaired) electrons. The minimum absolute atomic E-state index is 0.0343. The summed E-state index contributed by atoms with van der Waals surface area (Å²) in [6.07, 6.45) is 1.52. The second-order valence-corrected chi connectivity index (χ2v) is 6.87. The van der Waals surface area contributed by atoms with E-state index in [2.05, 4.69) is 4.99 Å². The van der Waals surface area contributed by atoms with Crippen molar-refractivity contribution < 1.29 is 28.2 Å². The predicted octanol–water partition coefficient (Wildman–Crippen LogP) is 4.10. The van der Waals surface area contributed by atoms with E-state index in [1.165, 1.54) is 31.2 Å². The van der Waals surface area contributed by atoms with Gasteiger partial charge in [-0.05, 0) is 71.5 Å². The van der Waals surface area contributed by atoms with Crippen LogP contribution in [-0.2, 0) is 14.3 Å². The van der Waals surface area contributed by atoms with E-state index in [1.807, 2.05) is 22.6 Å². The minimum atomic E-state index is -0.642. The van der Waals surface area contributed by atoms with Gasteiger partial charge in [0.25, 0.3) is 0 Å². The molecule has 6 nitrogen and oxygen atoms in total. The molecule has 1 aliphatic heterocycles. The SMILES string of the molecule is CCOc1cc(/C=C2\N=C(c3cccc(F)c3)OC2=O)cc(I)c1OC(C)=O. The van der Waals surface area contributed by atoms with Gasteiger partial charge in [0.1, 0.15) is 5.82 Å². The zero-order valence-corrected chi connectivity index (χ0v) is 17.2. The lowest BCUT2D eigenvalue weighted by Gasteiger charge is -2.12. The Kier molecular flexibility index (Phi) is 6.08. The number of hydrogen-bond acceptors (Lipinski definition) is 6. The maximum Gasteiger partial charge on any atom is 0.363 e. The molecule has 2 aromatic carbocycles. The lowest BCUT2D eigenvalue weighted by atomic mass is 10.1. The van der Waals surface area contributed by atoms with Crippen LogP contribution in [0.3, 0.4) is 0 Å². The van der Waals surface area contributed by atoms with Crippen LogP contribution in [-0.4, -0.2) is 24.4 Å². The number of ether oxygens (including phenoxy) is 3. The number of nitrogens with zero attached hydrogens (tertiary/aromatic N) is 1. The van der Waals surface area contributed by atoms with E-state index in [0.29, 0.717) is 32.8 Å². The van der Waals surface area contributed by atoms with Gasteiger partial charge in [0.15, 0.2) is 17.2 Å². The highest BCUT2D eigenvalue weighted by atomic mass is 127. The summed E-state index contributed by atoms with van der Waals surface area (Å²) in [5.41, 5.74) is 1.05. The van der Waals surface area contributed by atoms with E-state index in [4.69, 9.17) is 14.2 Å². The number of esters is 2. The fourth-order valence-electron chi connectivity index (χ4n) is 2.49. The van der Waals surface area contributed by atoms with Crippen LogP contribution in [0.5, 0.6) is 11.5 Å². The number of halogens is 2. The quantitative estimate of drug-likeness (QED) is 0.271. The molecule has 2 aromatic rings. The summed E-state index contributed by atoms with van der Waals surface area (Å²) in [6.45, 7) is 3.48. The summed E-state index contributed by atoms with van der Waals surface area (Å²) in [4.78, 5) is 27.6. The number of benzene rings is 2. The van der Waals surface area contributed by atoms with Gasteiger partial charge in [0, 0.05) is 12.5 Å². The average molecular weight is 495 g/mol. The van der Waals surface area contributed by atoms with E-state index in [-0.39, 0.29) is 11.6 Å². The molecule has 144 valence electrons. The minimum Gasteiger partial charge on any atom is -0.490 e. The van der Waals surface area contributed by atoms with E-state index >= 15 is 0 Å². The molecule has 0 saturated heterocycles. The monoisotopic (exact) mass is 495 g/mol. The van der Waals surface area contributed by atoms with E-state index in [9.17, 15) is 14.0 Å². The summed E-state index contributed by atoms with van der Waals surface area (Å²) in [6, 6.07) is 8.99.